The number of rotatable bonds is 4. The predicted octanol–water partition coefficient (Wildman–Crippen LogP) is 4.18. The molecule has 1 heterocycles. The maximum absolute atomic E-state index is 12.4. The van der Waals surface area contributed by atoms with Crippen molar-refractivity contribution in [3.05, 3.63) is 57.1 Å². The van der Waals surface area contributed by atoms with Gasteiger partial charge in [0.2, 0.25) is 5.88 Å². The van der Waals surface area contributed by atoms with Crippen molar-refractivity contribution in [3.63, 3.8) is 0 Å². The molecular formula is C17H16N4O5S. The molecule has 0 fully saturated rings. The lowest BCUT2D eigenvalue weighted by molar-refractivity contribution is -0.385. The molecule has 0 saturated heterocycles. The van der Waals surface area contributed by atoms with E-state index in [0.717, 1.165) is 17.2 Å². The standard InChI is InChI=1S/C17H16N4O5S/c1-9-5-7-13-15(11(9)3)18-17(22)16(13)19-20-27(25,26)12-6-4-10(2)14(8-12)21(23)24/h4-8,18,22H,1-3H3. The van der Waals surface area contributed by atoms with Gasteiger partial charge in [0.25, 0.3) is 15.7 Å². The largest absolute Gasteiger partial charge is 0.493 e. The molecule has 10 heteroatoms. The van der Waals surface area contributed by atoms with Crippen LogP contribution in [0, 0.1) is 30.9 Å². The Labute approximate surface area is 154 Å². The summed E-state index contributed by atoms with van der Waals surface area (Å²) in [5, 5.41) is 25.3. The summed E-state index contributed by atoms with van der Waals surface area (Å²) < 4.78 is 28.2. The highest BCUT2D eigenvalue weighted by Crippen LogP contribution is 2.38. The number of aromatic amines is 1. The number of aryl methyl sites for hydroxylation is 3. The number of sulfonamides is 1. The number of hydrogen-bond donors (Lipinski definition) is 2. The summed E-state index contributed by atoms with van der Waals surface area (Å²) in [7, 11) is -4.28. The van der Waals surface area contributed by atoms with E-state index in [1.165, 1.54) is 19.1 Å². The van der Waals surface area contributed by atoms with Crippen molar-refractivity contribution in [2.75, 3.05) is 0 Å². The van der Waals surface area contributed by atoms with Crippen molar-refractivity contribution in [2.45, 2.75) is 25.7 Å². The molecule has 0 aliphatic heterocycles. The second-order valence-corrected chi connectivity index (χ2v) is 7.70. The van der Waals surface area contributed by atoms with Crippen molar-refractivity contribution in [2.24, 2.45) is 9.63 Å². The Morgan fingerprint density at radius 1 is 1.11 bits per heavy atom. The zero-order valence-corrected chi connectivity index (χ0v) is 15.5. The molecule has 27 heavy (non-hydrogen) atoms. The average Bonchev–Trinajstić information content (AvgIpc) is 2.92. The molecule has 0 aliphatic carbocycles. The molecule has 0 atom stereocenters. The molecule has 0 unspecified atom stereocenters. The monoisotopic (exact) mass is 388 g/mol. The van der Waals surface area contributed by atoms with E-state index in [1.54, 1.807) is 6.07 Å². The number of benzene rings is 2. The topological polar surface area (TPSA) is 138 Å². The Bertz CT molecular complexity index is 1210. The molecule has 0 radical (unpaired) electrons. The highest BCUT2D eigenvalue weighted by atomic mass is 32.2. The van der Waals surface area contributed by atoms with Crippen LogP contribution in [0.1, 0.15) is 16.7 Å². The van der Waals surface area contributed by atoms with Gasteiger partial charge in [-0.1, -0.05) is 22.7 Å². The van der Waals surface area contributed by atoms with E-state index in [2.05, 4.69) is 14.6 Å². The van der Waals surface area contributed by atoms with E-state index in [9.17, 15) is 23.6 Å². The van der Waals surface area contributed by atoms with Gasteiger partial charge in [-0.2, -0.15) is 8.42 Å². The Morgan fingerprint density at radius 2 is 1.78 bits per heavy atom. The number of nitrogens with zero attached hydrogens (tertiary/aromatic N) is 3. The van der Waals surface area contributed by atoms with Crippen molar-refractivity contribution in [1.29, 1.82) is 0 Å². The van der Waals surface area contributed by atoms with Crippen LogP contribution in [0.4, 0.5) is 11.4 Å². The predicted molar refractivity (Wildman–Crippen MR) is 99.0 cm³/mol. The van der Waals surface area contributed by atoms with Crippen LogP contribution in [0.15, 0.2) is 44.9 Å². The van der Waals surface area contributed by atoms with Crippen LogP contribution in [0.25, 0.3) is 10.9 Å². The molecule has 0 spiro atoms. The van der Waals surface area contributed by atoms with Gasteiger partial charge in [0, 0.05) is 17.0 Å². The molecule has 2 N–H and O–H groups in total. The quantitative estimate of drug-likeness (QED) is 0.392. The lowest BCUT2D eigenvalue weighted by Gasteiger charge is -2.01. The van der Waals surface area contributed by atoms with E-state index in [-0.39, 0.29) is 22.2 Å². The number of nitrogens with one attached hydrogen (secondary N) is 1. The van der Waals surface area contributed by atoms with Gasteiger partial charge in [-0.3, -0.25) is 10.1 Å². The van der Waals surface area contributed by atoms with Gasteiger partial charge < -0.3 is 10.1 Å². The first kappa shape index (κ1) is 18.5. The summed E-state index contributed by atoms with van der Waals surface area (Å²) >= 11 is 0. The Balaban J connectivity index is 2.07. The smallest absolute Gasteiger partial charge is 0.300 e. The minimum Gasteiger partial charge on any atom is -0.493 e. The fraction of sp³-hybridized carbons (Fsp3) is 0.176. The van der Waals surface area contributed by atoms with Gasteiger partial charge in [-0.15, -0.1) is 5.11 Å². The van der Waals surface area contributed by atoms with Crippen molar-refractivity contribution >= 4 is 32.3 Å². The highest BCUT2D eigenvalue weighted by Gasteiger charge is 2.20. The van der Waals surface area contributed by atoms with Crippen LogP contribution in [0.5, 0.6) is 5.88 Å². The Morgan fingerprint density at radius 3 is 2.44 bits per heavy atom. The summed E-state index contributed by atoms with van der Waals surface area (Å²) in [6.45, 7) is 5.27. The highest BCUT2D eigenvalue weighted by molar-refractivity contribution is 7.90. The van der Waals surface area contributed by atoms with Crippen LogP contribution in [0.3, 0.4) is 0 Å². The summed E-state index contributed by atoms with van der Waals surface area (Å²) in [5.41, 5.74) is 2.50. The molecule has 9 nitrogen and oxygen atoms in total. The van der Waals surface area contributed by atoms with Crippen molar-refractivity contribution in [3.8, 4) is 5.88 Å². The van der Waals surface area contributed by atoms with Crippen LogP contribution < -0.4 is 0 Å². The zero-order chi connectivity index (χ0) is 19.9. The number of hydrogen-bond acceptors (Lipinski definition) is 6. The SMILES string of the molecule is Cc1ccc(S(=O)(=O)N=Nc2c(O)[nH]c3c(C)c(C)ccc23)cc1[N+](=O)[O-]. The van der Waals surface area contributed by atoms with E-state index in [1.807, 2.05) is 19.9 Å². The van der Waals surface area contributed by atoms with Gasteiger partial charge in [-0.05, 0) is 38.0 Å². The number of aromatic hydroxyl groups is 1. The van der Waals surface area contributed by atoms with Crippen molar-refractivity contribution < 1.29 is 18.4 Å². The molecular weight excluding hydrogens is 372 g/mol. The number of nitro groups is 1. The van der Waals surface area contributed by atoms with Crippen LogP contribution in [-0.2, 0) is 10.0 Å². The first-order valence-electron chi connectivity index (χ1n) is 7.85. The average molecular weight is 388 g/mol. The number of aromatic nitrogens is 1. The molecule has 3 aromatic rings. The van der Waals surface area contributed by atoms with E-state index < -0.39 is 14.9 Å². The summed E-state index contributed by atoms with van der Waals surface area (Å²) in [6, 6.07) is 7.01. The maximum atomic E-state index is 12.4. The third kappa shape index (κ3) is 3.26. The van der Waals surface area contributed by atoms with Crippen molar-refractivity contribution in [1.82, 2.24) is 4.98 Å². The second-order valence-electron chi connectivity index (χ2n) is 6.11. The molecule has 140 valence electrons. The number of fused-ring (bicyclic) bond motifs is 1. The number of H-pyrrole nitrogens is 1. The fourth-order valence-corrected chi connectivity index (χ4v) is 3.45. The van der Waals surface area contributed by atoms with Gasteiger partial charge in [-0.25, -0.2) is 0 Å². The van der Waals surface area contributed by atoms with Gasteiger partial charge >= 0.3 is 0 Å². The minimum atomic E-state index is -4.28. The molecule has 0 amide bonds. The fourth-order valence-electron chi connectivity index (χ4n) is 2.67. The van der Waals surface area contributed by atoms with Crippen LogP contribution in [-0.4, -0.2) is 23.4 Å². The van der Waals surface area contributed by atoms with Crippen LogP contribution >= 0.6 is 0 Å². The molecule has 3 rings (SSSR count). The molecule has 0 saturated carbocycles. The first-order chi connectivity index (χ1) is 12.6. The molecule has 1 aromatic heterocycles. The number of nitro benzene ring substituents is 1. The third-order valence-corrected chi connectivity index (χ3v) is 5.53. The Kier molecular flexibility index (Phi) is 4.44. The normalized spacial score (nSPS) is 12.1. The first-order valence-corrected chi connectivity index (χ1v) is 9.29. The lowest BCUT2D eigenvalue weighted by atomic mass is 10.1. The van der Waals surface area contributed by atoms with E-state index in [4.69, 9.17) is 0 Å². The van der Waals surface area contributed by atoms with Crippen LogP contribution in [0.2, 0.25) is 0 Å². The van der Waals surface area contributed by atoms with Gasteiger partial charge in [0.1, 0.15) is 0 Å². The van der Waals surface area contributed by atoms with E-state index >= 15 is 0 Å². The third-order valence-electron chi connectivity index (χ3n) is 4.38. The van der Waals surface area contributed by atoms with Gasteiger partial charge in [0.15, 0.2) is 5.69 Å². The summed E-state index contributed by atoms with van der Waals surface area (Å²) in [4.78, 5) is 12.8. The molecule has 0 aliphatic rings. The minimum absolute atomic E-state index is 0.0155. The molecule has 0 bridgehead atoms. The second kappa shape index (κ2) is 6.47. The van der Waals surface area contributed by atoms with E-state index in [0.29, 0.717) is 16.5 Å². The van der Waals surface area contributed by atoms with Gasteiger partial charge in [0.05, 0.1) is 15.3 Å². The summed E-state index contributed by atoms with van der Waals surface area (Å²) in [5.74, 6) is -0.312. The maximum Gasteiger partial charge on any atom is 0.300 e. The summed E-state index contributed by atoms with van der Waals surface area (Å²) in [6.07, 6.45) is 0. The molecule has 2 aromatic carbocycles. The lowest BCUT2D eigenvalue weighted by Crippen LogP contribution is -1.99. The Hall–Kier alpha value is -3.27. The zero-order valence-electron chi connectivity index (χ0n) is 14.7.